The van der Waals surface area contributed by atoms with E-state index in [-0.39, 0.29) is 30.5 Å². The van der Waals surface area contributed by atoms with Crippen molar-refractivity contribution in [2.24, 2.45) is 0 Å². The van der Waals surface area contributed by atoms with Crippen molar-refractivity contribution in [2.75, 3.05) is 11.9 Å². The Morgan fingerprint density at radius 2 is 1.74 bits per heavy atom. The van der Waals surface area contributed by atoms with Crippen LogP contribution < -0.4 is 10.7 Å². The third kappa shape index (κ3) is 3.72. The van der Waals surface area contributed by atoms with Crippen LogP contribution in [-0.4, -0.2) is 56.8 Å². The lowest BCUT2D eigenvalue weighted by molar-refractivity contribution is -0.142. The van der Waals surface area contributed by atoms with Crippen molar-refractivity contribution in [3.8, 4) is 11.1 Å². The number of amides is 3. The number of ether oxygens (including phenoxy) is 1. The fraction of sp³-hybridized carbons (Fsp3) is 0.174. The Labute approximate surface area is 192 Å². The summed E-state index contributed by atoms with van der Waals surface area (Å²) in [4.78, 5) is 47.8. The molecule has 2 heterocycles. The highest BCUT2D eigenvalue weighted by atomic mass is 16.5. The van der Waals surface area contributed by atoms with E-state index >= 15 is 0 Å². The van der Waals surface area contributed by atoms with Gasteiger partial charge in [0.15, 0.2) is 11.9 Å². The fourth-order valence-electron chi connectivity index (χ4n) is 4.28. The second-order valence-electron chi connectivity index (χ2n) is 7.89. The predicted octanol–water partition coefficient (Wildman–Crippen LogP) is 2.10. The van der Waals surface area contributed by atoms with Crippen LogP contribution in [0.1, 0.15) is 34.0 Å². The van der Waals surface area contributed by atoms with Crippen molar-refractivity contribution in [1.29, 1.82) is 0 Å². The molecule has 2 aliphatic rings. The lowest BCUT2D eigenvalue weighted by Gasteiger charge is -2.18. The number of carboxylic acids is 1. The highest BCUT2D eigenvalue weighted by molar-refractivity contribution is 6.00. The number of aromatic amines is 1. The molecule has 34 heavy (non-hydrogen) atoms. The standard InChI is InChI=1S/C23H19N5O6/c29-20-10-18(22(31)32)28(27-20)21(30)17-9-19(26-25-17)24-23(33)34-11-16-14-7-3-1-5-12(14)13-6-2-4-8-15(13)16/h1-9,16,18H,10-11H2,(H,27,29)(H,31,32)(H2,24,25,26,33). The number of fused-ring (bicyclic) bond motifs is 3. The number of anilines is 1. The van der Waals surface area contributed by atoms with Crippen LogP contribution in [0, 0.1) is 0 Å². The summed E-state index contributed by atoms with van der Waals surface area (Å²) in [5.41, 5.74) is 6.46. The summed E-state index contributed by atoms with van der Waals surface area (Å²) in [6, 6.07) is 15.8. The normalized spacial score (nSPS) is 16.5. The SMILES string of the molecule is O=C1CC(C(=O)O)N(C(=O)c2cc(NC(=O)OCC3c4ccccc4-c4ccccc43)n[nH]2)N1. The Kier molecular flexibility index (Phi) is 5.21. The maximum atomic E-state index is 12.6. The van der Waals surface area contributed by atoms with Gasteiger partial charge in [-0.1, -0.05) is 48.5 Å². The third-order valence-corrected chi connectivity index (χ3v) is 5.82. The zero-order chi connectivity index (χ0) is 23.8. The number of hydrazine groups is 1. The molecule has 4 N–H and O–H groups in total. The minimum absolute atomic E-state index is 0.0120. The molecular weight excluding hydrogens is 442 g/mol. The first kappa shape index (κ1) is 21.2. The van der Waals surface area contributed by atoms with E-state index < -0.39 is 29.9 Å². The first-order valence-electron chi connectivity index (χ1n) is 10.5. The summed E-state index contributed by atoms with van der Waals surface area (Å²) in [5.74, 6) is -2.80. The van der Waals surface area contributed by atoms with E-state index in [0.29, 0.717) is 0 Å². The second-order valence-corrected chi connectivity index (χ2v) is 7.89. The lowest BCUT2D eigenvalue weighted by atomic mass is 9.98. The number of nitrogens with one attached hydrogen (secondary N) is 3. The first-order chi connectivity index (χ1) is 16.4. The maximum absolute atomic E-state index is 12.6. The Hall–Kier alpha value is -4.67. The molecule has 11 nitrogen and oxygen atoms in total. The second kappa shape index (κ2) is 8.35. The van der Waals surface area contributed by atoms with Gasteiger partial charge in [0.1, 0.15) is 12.3 Å². The number of benzene rings is 2. The third-order valence-electron chi connectivity index (χ3n) is 5.82. The van der Waals surface area contributed by atoms with Crippen LogP contribution in [-0.2, 0) is 14.3 Å². The summed E-state index contributed by atoms with van der Waals surface area (Å²) in [6.45, 7) is 0.107. The van der Waals surface area contributed by atoms with Crippen LogP contribution >= 0.6 is 0 Å². The van der Waals surface area contributed by atoms with E-state index in [1.807, 2.05) is 48.5 Å². The number of carbonyl (C=O) groups excluding carboxylic acids is 3. The van der Waals surface area contributed by atoms with E-state index in [1.165, 1.54) is 6.07 Å². The molecule has 0 radical (unpaired) electrons. The van der Waals surface area contributed by atoms with Crippen LogP contribution in [0.4, 0.5) is 10.6 Å². The lowest BCUT2D eigenvalue weighted by Crippen LogP contribution is -2.46. The van der Waals surface area contributed by atoms with Crippen LogP contribution in [0.25, 0.3) is 11.1 Å². The maximum Gasteiger partial charge on any atom is 0.412 e. The molecular formula is C23H19N5O6. The van der Waals surface area contributed by atoms with Gasteiger partial charge in [-0.05, 0) is 22.3 Å². The number of H-pyrrole nitrogens is 1. The monoisotopic (exact) mass is 461 g/mol. The molecule has 1 fully saturated rings. The predicted molar refractivity (Wildman–Crippen MR) is 118 cm³/mol. The number of aromatic nitrogens is 2. The average molecular weight is 461 g/mol. The molecule has 3 aromatic rings. The molecule has 1 unspecified atom stereocenters. The van der Waals surface area contributed by atoms with Crippen molar-refractivity contribution < 1.29 is 29.0 Å². The number of hydrogen-bond donors (Lipinski definition) is 4. The van der Waals surface area contributed by atoms with Gasteiger partial charge in [-0.15, -0.1) is 0 Å². The van der Waals surface area contributed by atoms with Crippen LogP contribution in [0.5, 0.6) is 0 Å². The van der Waals surface area contributed by atoms with E-state index in [2.05, 4.69) is 20.9 Å². The van der Waals surface area contributed by atoms with E-state index in [4.69, 9.17) is 4.74 Å². The molecule has 172 valence electrons. The molecule has 5 rings (SSSR count). The number of hydrogen-bond acceptors (Lipinski definition) is 6. The van der Waals surface area contributed by atoms with Crippen LogP contribution in [0.2, 0.25) is 0 Å². The van der Waals surface area contributed by atoms with Gasteiger partial charge in [-0.2, -0.15) is 5.10 Å². The minimum atomic E-state index is -1.33. The number of carboxylic acid groups (broad SMARTS) is 1. The molecule has 1 aliphatic heterocycles. The van der Waals surface area contributed by atoms with Gasteiger partial charge in [0.25, 0.3) is 5.91 Å². The van der Waals surface area contributed by atoms with E-state index in [0.717, 1.165) is 27.3 Å². The van der Waals surface area contributed by atoms with Crippen LogP contribution in [0.3, 0.4) is 0 Å². The summed E-state index contributed by atoms with van der Waals surface area (Å²) >= 11 is 0. The van der Waals surface area contributed by atoms with Gasteiger partial charge in [0, 0.05) is 12.0 Å². The minimum Gasteiger partial charge on any atom is -0.480 e. The van der Waals surface area contributed by atoms with Gasteiger partial charge < -0.3 is 9.84 Å². The van der Waals surface area contributed by atoms with Crippen molar-refractivity contribution in [2.45, 2.75) is 18.4 Å². The zero-order valence-electron chi connectivity index (χ0n) is 17.6. The molecule has 0 bridgehead atoms. The number of aliphatic carboxylic acids is 1. The Balaban J connectivity index is 1.23. The highest BCUT2D eigenvalue weighted by Crippen LogP contribution is 2.44. The number of rotatable bonds is 5. The van der Waals surface area contributed by atoms with E-state index in [9.17, 15) is 24.3 Å². The van der Waals surface area contributed by atoms with Crippen molar-refractivity contribution in [3.63, 3.8) is 0 Å². The smallest absolute Gasteiger partial charge is 0.412 e. The fourth-order valence-corrected chi connectivity index (χ4v) is 4.28. The summed E-state index contributed by atoms with van der Waals surface area (Å²) in [7, 11) is 0. The van der Waals surface area contributed by atoms with Gasteiger partial charge in [0.05, 0.1) is 6.42 Å². The number of nitrogens with zero attached hydrogens (tertiary/aromatic N) is 2. The Morgan fingerprint density at radius 1 is 1.09 bits per heavy atom. The highest BCUT2D eigenvalue weighted by Gasteiger charge is 2.40. The van der Waals surface area contributed by atoms with Crippen molar-refractivity contribution >= 4 is 29.7 Å². The summed E-state index contributed by atoms with van der Waals surface area (Å²) < 4.78 is 5.44. The summed E-state index contributed by atoms with van der Waals surface area (Å²) in [5, 5.41) is 18.6. The van der Waals surface area contributed by atoms with Gasteiger partial charge in [0.2, 0.25) is 5.91 Å². The van der Waals surface area contributed by atoms with Gasteiger partial charge >= 0.3 is 12.1 Å². The molecule has 1 saturated heterocycles. The average Bonchev–Trinajstić information content (AvgIpc) is 3.53. The molecule has 2 aromatic carbocycles. The topological polar surface area (TPSA) is 154 Å². The number of carbonyl (C=O) groups is 4. The van der Waals surface area contributed by atoms with Crippen molar-refractivity contribution in [1.82, 2.24) is 20.6 Å². The zero-order valence-corrected chi connectivity index (χ0v) is 17.6. The molecule has 0 saturated carbocycles. The van der Waals surface area contributed by atoms with Gasteiger partial charge in [-0.25, -0.2) is 14.6 Å². The molecule has 1 aliphatic carbocycles. The molecule has 0 spiro atoms. The van der Waals surface area contributed by atoms with Crippen LogP contribution in [0.15, 0.2) is 54.6 Å². The molecule has 3 amide bonds. The largest absolute Gasteiger partial charge is 0.480 e. The molecule has 1 atom stereocenters. The van der Waals surface area contributed by atoms with Crippen molar-refractivity contribution in [3.05, 3.63) is 71.4 Å². The molecule has 11 heteroatoms. The Bertz CT molecular complexity index is 1270. The summed E-state index contributed by atoms with van der Waals surface area (Å²) in [6.07, 6.45) is -1.11. The quantitative estimate of drug-likeness (QED) is 0.454. The Morgan fingerprint density at radius 3 is 2.38 bits per heavy atom. The first-order valence-corrected chi connectivity index (χ1v) is 10.5. The van der Waals surface area contributed by atoms with E-state index in [1.54, 1.807) is 0 Å². The van der Waals surface area contributed by atoms with Gasteiger partial charge in [-0.3, -0.25) is 25.4 Å². The molecule has 1 aromatic heterocycles.